The van der Waals surface area contributed by atoms with Gasteiger partial charge in [-0.25, -0.2) is 0 Å². The molecular formula is C20H42IO2P. The summed E-state index contributed by atoms with van der Waals surface area (Å²) in [5, 5.41) is 0. The molecule has 0 aromatic carbocycles. The summed E-state index contributed by atoms with van der Waals surface area (Å²) in [6.07, 6.45) is 17.0. The van der Waals surface area contributed by atoms with Crippen LogP contribution in [0.3, 0.4) is 0 Å². The van der Waals surface area contributed by atoms with Gasteiger partial charge in [0, 0.05) is 40.5 Å². The minimum absolute atomic E-state index is 0. The summed E-state index contributed by atoms with van der Waals surface area (Å²) in [6, 6.07) is 0. The van der Waals surface area contributed by atoms with Crippen molar-refractivity contribution in [2.45, 2.75) is 77.9 Å². The lowest BCUT2D eigenvalue weighted by atomic mass is 10.1. The lowest BCUT2D eigenvalue weighted by Crippen LogP contribution is -3.00. The van der Waals surface area contributed by atoms with Crippen molar-refractivity contribution in [1.29, 1.82) is 0 Å². The third kappa shape index (κ3) is 20.9. The van der Waals surface area contributed by atoms with Crippen molar-refractivity contribution in [1.82, 2.24) is 0 Å². The summed E-state index contributed by atoms with van der Waals surface area (Å²) in [5.74, 6) is 0. The van der Waals surface area contributed by atoms with Crippen LogP contribution in [0.15, 0.2) is 12.2 Å². The maximum atomic E-state index is 5.76. The van der Waals surface area contributed by atoms with E-state index in [0.29, 0.717) is 0 Å². The maximum absolute atomic E-state index is 5.76. The first-order chi connectivity index (χ1) is 11.0. The van der Waals surface area contributed by atoms with Crippen molar-refractivity contribution in [2.24, 2.45) is 0 Å². The Kier molecular flexibility index (Phi) is 21.0. The van der Waals surface area contributed by atoms with Crippen molar-refractivity contribution in [3.05, 3.63) is 12.2 Å². The predicted molar refractivity (Wildman–Crippen MR) is 107 cm³/mol. The van der Waals surface area contributed by atoms with Crippen LogP contribution in [-0.2, 0) is 9.47 Å². The molecule has 0 aliphatic carbocycles. The number of allylic oxidation sites excluding steroid dienone is 2. The highest BCUT2D eigenvalue weighted by Gasteiger charge is 2.14. The van der Waals surface area contributed by atoms with Crippen LogP contribution in [0, 0.1) is 0 Å². The second-order valence-electron chi connectivity index (χ2n) is 7.44. The first-order valence-corrected chi connectivity index (χ1v) is 13.0. The minimum atomic E-state index is -0.570. The first kappa shape index (κ1) is 27.0. The number of hydrogen-bond donors (Lipinski definition) is 0. The zero-order valence-corrected chi connectivity index (χ0v) is 19.9. The smallest absolute Gasteiger partial charge is 0.157 e. The Labute approximate surface area is 169 Å². The van der Waals surface area contributed by atoms with Crippen molar-refractivity contribution in [2.75, 3.05) is 39.4 Å². The van der Waals surface area contributed by atoms with E-state index >= 15 is 0 Å². The Bertz CT molecular complexity index is 269. The highest BCUT2D eigenvalue weighted by Crippen LogP contribution is 2.47. The van der Waals surface area contributed by atoms with Gasteiger partial charge in [-0.05, 0) is 51.4 Å². The summed E-state index contributed by atoms with van der Waals surface area (Å²) in [4.78, 5) is 0. The molecule has 0 aromatic rings. The van der Waals surface area contributed by atoms with Gasteiger partial charge in [-0.1, -0.05) is 32.4 Å². The summed E-state index contributed by atoms with van der Waals surface area (Å²) in [5.41, 5.74) is 0. The van der Waals surface area contributed by atoms with Crippen LogP contribution in [0.1, 0.15) is 71.6 Å². The van der Waals surface area contributed by atoms with Crippen LogP contribution in [0.4, 0.5) is 0 Å². The third-order valence-corrected chi connectivity index (χ3v) is 5.35. The van der Waals surface area contributed by atoms with Crippen LogP contribution in [0.5, 0.6) is 0 Å². The van der Waals surface area contributed by atoms with Crippen molar-refractivity contribution >= 4 is 7.26 Å². The molecule has 4 heteroatoms. The van der Waals surface area contributed by atoms with Gasteiger partial charge in [0.15, 0.2) is 6.29 Å². The van der Waals surface area contributed by atoms with Crippen LogP contribution >= 0.6 is 7.26 Å². The molecule has 2 nitrogen and oxygen atoms in total. The molecule has 0 saturated carbocycles. The van der Waals surface area contributed by atoms with Crippen molar-refractivity contribution in [3.63, 3.8) is 0 Å². The second-order valence-corrected chi connectivity index (χ2v) is 12.5. The molecule has 0 atom stereocenters. The van der Waals surface area contributed by atoms with Gasteiger partial charge in [-0.15, -0.1) is 0 Å². The molecule has 0 bridgehead atoms. The number of halogens is 1. The lowest BCUT2D eigenvalue weighted by Gasteiger charge is -2.17. The number of unbranched alkanes of at least 4 members (excludes halogenated alkanes) is 4. The Hall–Kier alpha value is 0.820. The number of rotatable bonds is 16. The molecule has 0 rings (SSSR count). The van der Waals surface area contributed by atoms with E-state index in [1.807, 2.05) is 0 Å². The molecule has 146 valence electrons. The standard InChI is InChI=1S/C20H42O2P.HI/c1-6-17-21-20(22-18-7-2)16-14-12-10-8-9-11-13-15-19-23(3,4)5;/h9,11,20H,6-8,10,12-19H2,1-5H3;1H/q+1;/p-1/b11-9-;. The molecule has 0 spiro atoms. The van der Waals surface area contributed by atoms with E-state index in [4.69, 9.17) is 9.47 Å². The van der Waals surface area contributed by atoms with Gasteiger partial charge in [-0.3, -0.25) is 0 Å². The third-order valence-electron chi connectivity index (χ3n) is 3.69. The van der Waals surface area contributed by atoms with E-state index in [2.05, 4.69) is 46.0 Å². The Morgan fingerprint density at radius 2 is 1.33 bits per heavy atom. The molecule has 0 aromatic heterocycles. The summed E-state index contributed by atoms with van der Waals surface area (Å²) >= 11 is 0. The van der Waals surface area contributed by atoms with Crippen molar-refractivity contribution in [3.8, 4) is 0 Å². The molecule has 0 fully saturated rings. The SMILES string of the molecule is CCCOC(CCCCC/C=C\CCC[P+](C)(C)C)OCCC.[I-]. The van der Waals surface area contributed by atoms with Gasteiger partial charge in [0.05, 0.1) is 6.16 Å². The molecule has 24 heavy (non-hydrogen) atoms. The zero-order chi connectivity index (χ0) is 17.4. The molecule has 0 unspecified atom stereocenters. The highest BCUT2D eigenvalue weighted by atomic mass is 127. The average Bonchev–Trinajstić information content (AvgIpc) is 2.49. The Morgan fingerprint density at radius 1 is 0.792 bits per heavy atom. The monoisotopic (exact) mass is 472 g/mol. The molecule has 0 saturated heterocycles. The second kappa shape index (κ2) is 18.6. The molecular weight excluding hydrogens is 430 g/mol. The molecule has 0 amide bonds. The predicted octanol–water partition coefficient (Wildman–Crippen LogP) is 3.36. The minimum Gasteiger partial charge on any atom is -1.00 e. The van der Waals surface area contributed by atoms with Gasteiger partial charge in [0.25, 0.3) is 0 Å². The normalized spacial score (nSPS) is 12.1. The van der Waals surface area contributed by atoms with Gasteiger partial charge < -0.3 is 33.5 Å². The number of ether oxygens (including phenoxy) is 2. The Balaban J connectivity index is 0. The van der Waals surface area contributed by atoms with E-state index in [0.717, 1.165) is 32.5 Å². The molecule has 0 radical (unpaired) electrons. The average molecular weight is 472 g/mol. The fraction of sp³-hybridized carbons (Fsp3) is 0.900. The van der Waals surface area contributed by atoms with Gasteiger partial charge in [0.1, 0.15) is 0 Å². The van der Waals surface area contributed by atoms with Crippen LogP contribution < -0.4 is 24.0 Å². The first-order valence-electron chi connectivity index (χ1n) is 9.68. The van der Waals surface area contributed by atoms with Gasteiger partial charge in [0.2, 0.25) is 0 Å². The zero-order valence-electron chi connectivity index (χ0n) is 16.9. The highest BCUT2D eigenvalue weighted by molar-refractivity contribution is 7.73. The van der Waals surface area contributed by atoms with Gasteiger partial charge in [-0.2, -0.15) is 0 Å². The summed E-state index contributed by atoms with van der Waals surface area (Å²) < 4.78 is 11.5. The number of hydrogen-bond acceptors (Lipinski definition) is 2. The quantitative estimate of drug-likeness (QED) is 0.113. The van der Waals surface area contributed by atoms with E-state index in [9.17, 15) is 0 Å². The summed E-state index contributed by atoms with van der Waals surface area (Å²) in [7, 11) is -0.570. The van der Waals surface area contributed by atoms with Crippen LogP contribution in [0.2, 0.25) is 0 Å². The molecule has 0 heterocycles. The molecule has 0 N–H and O–H groups in total. The van der Waals surface area contributed by atoms with Crippen LogP contribution in [-0.4, -0.2) is 45.7 Å². The van der Waals surface area contributed by atoms with E-state index in [1.54, 1.807) is 0 Å². The summed E-state index contributed by atoms with van der Waals surface area (Å²) in [6.45, 7) is 13.2. The molecule has 0 aliphatic rings. The molecule has 0 aliphatic heterocycles. The van der Waals surface area contributed by atoms with E-state index in [1.165, 1.54) is 44.7 Å². The fourth-order valence-electron chi connectivity index (χ4n) is 2.38. The lowest BCUT2D eigenvalue weighted by molar-refractivity contribution is -0.146. The Morgan fingerprint density at radius 3 is 1.83 bits per heavy atom. The van der Waals surface area contributed by atoms with E-state index in [-0.39, 0.29) is 30.3 Å². The van der Waals surface area contributed by atoms with Gasteiger partial charge >= 0.3 is 0 Å². The van der Waals surface area contributed by atoms with E-state index < -0.39 is 7.26 Å². The van der Waals surface area contributed by atoms with Crippen molar-refractivity contribution < 1.29 is 33.5 Å². The van der Waals surface area contributed by atoms with Crippen LogP contribution in [0.25, 0.3) is 0 Å². The largest absolute Gasteiger partial charge is 1.00 e. The fourth-order valence-corrected chi connectivity index (χ4v) is 3.51. The topological polar surface area (TPSA) is 18.5 Å². The maximum Gasteiger partial charge on any atom is 0.157 e.